The molecule has 0 unspecified atom stereocenters. The van der Waals surface area contributed by atoms with Crippen molar-refractivity contribution in [3.05, 3.63) is 127 Å². The van der Waals surface area contributed by atoms with E-state index < -0.39 is 23.4 Å². The number of anilines is 2. The molecule has 0 saturated heterocycles. The van der Waals surface area contributed by atoms with Crippen LogP contribution in [0.25, 0.3) is 33.1 Å². The molecule has 4 amide bonds. The molecule has 4 heterocycles. The van der Waals surface area contributed by atoms with E-state index in [9.17, 15) is 19.2 Å². The van der Waals surface area contributed by atoms with Crippen molar-refractivity contribution >= 4 is 115 Å². The van der Waals surface area contributed by atoms with Gasteiger partial charge in [-0.1, -0.05) is 81.0 Å². The highest BCUT2D eigenvalue weighted by atomic mass is 35.5. The molecule has 0 atom stereocenters. The van der Waals surface area contributed by atoms with E-state index >= 15 is 0 Å². The summed E-state index contributed by atoms with van der Waals surface area (Å²) in [6.07, 6.45) is 3.41. The summed E-state index contributed by atoms with van der Waals surface area (Å²) in [4.78, 5) is 54.3. The number of benzene rings is 4. The molecule has 0 spiro atoms. The lowest BCUT2D eigenvalue weighted by molar-refractivity contribution is 0.0260. The van der Waals surface area contributed by atoms with Crippen LogP contribution in [0.4, 0.5) is 30.8 Å². The number of aromatic nitrogens is 2. The van der Waals surface area contributed by atoms with Gasteiger partial charge in [0.1, 0.15) is 24.4 Å². The summed E-state index contributed by atoms with van der Waals surface area (Å²) in [7, 11) is 1.57. The quantitative estimate of drug-likeness (QED) is 0.143. The number of hydrogen-bond donors (Lipinski definition) is 1. The smallest absolute Gasteiger partial charge is 0.415 e. The maximum atomic E-state index is 12.7. The van der Waals surface area contributed by atoms with Crippen molar-refractivity contribution in [3.8, 4) is 0 Å². The summed E-state index contributed by atoms with van der Waals surface area (Å²) in [5.74, 6) is 0.593. The van der Waals surface area contributed by atoms with Gasteiger partial charge in [0, 0.05) is 53.3 Å². The maximum absolute atomic E-state index is 12.7. The standard InChI is InChI=1S/C26H27Cl2N3O5.C25H25Cl2N3O5/c1-26(2,3)35-25(33)31-9-7-17(8-10-31)18-5-6-22-21(13-18)23(29-36-22)30(4)24(32)34-15-16-11-19(27)14-20(28)12-16;1-25(2,3)34-24(32)30-8-6-16(7-9-30)17-4-5-21-20(12-17)22(29-35-21)28-23(31)33-14-15-10-18(26)13-19(27)11-15/h5-7,11-14H,8-10,15H2,1-4H3;4-6,10-13H,7-9,14H2,1-3H3,(H,28,29,31). The van der Waals surface area contributed by atoms with Crippen LogP contribution < -0.4 is 10.2 Å². The highest BCUT2D eigenvalue weighted by Crippen LogP contribution is 2.33. The molecule has 0 radical (unpaired) electrons. The molecule has 71 heavy (non-hydrogen) atoms. The van der Waals surface area contributed by atoms with E-state index in [1.54, 1.807) is 59.3 Å². The third-order valence-electron chi connectivity index (χ3n) is 10.8. The maximum Gasteiger partial charge on any atom is 0.415 e. The van der Waals surface area contributed by atoms with Gasteiger partial charge in [-0.15, -0.1) is 0 Å². The molecule has 4 aromatic carbocycles. The Kier molecular flexibility index (Phi) is 16.5. The number of nitrogens with zero attached hydrogens (tertiary/aromatic N) is 5. The van der Waals surface area contributed by atoms with Crippen LogP contribution in [-0.2, 0) is 32.2 Å². The van der Waals surface area contributed by atoms with E-state index in [4.69, 9.17) is 74.4 Å². The summed E-state index contributed by atoms with van der Waals surface area (Å²) < 4.78 is 32.4. The Labute approximate surface area is 430 Å². The van der Waals surface area contributed by atoms with Crippen LogP contribution in [0.3, 0.4) is 0 Å². The second-order valence-corrected chi connectivity index (χ2v) is 20.4. The number of amides is 4. The molecule has 0 fully saturated rings. The minimum atomic E-state index is -0.688. The number of hydrogen-bond acceptors (Lipinski definition) is 12. The van der Waals surface area contributed by atoms with Gasteiger partial charge in [-0.2, -0.15) is 0 Å². The summed E-state index contributed by atoms with van der Waals surface area (Å²) in [6.45, 7) is 13.1. The van der Waals surface area contributed by atoms with Crippen LogP contribution in [0.1, 0.15) is 76.6 Å². The third kappa shape index (κ3) is 14.3. The SMILES string of the molecule is CC(C)(C)OC(=O)N1CC=C(c2ccc3onc(NC(=O)OCc4cc(Cl)cc(Cl)c4)c3c2)CC1.CN(C(=O)OCc1cc(Cl)cc(Cl)c1)c1noc2ccc(C3=CCN(C(=O)OC(C)(C)C)CC3)cc12. The Hall–Kier alpha value is -6.46. The summed E-state index contributed by atoms with van der Waals surface area (Å²) in [5.41, 5.74) is 5.42. The lowest BCUT2D eigenvalue weighted by atomic mass is 9.98. The van der Waals surface area contributed by atoms with E-state index in [1.807, 2.05) is 84.0 Å². The summed E-state index contributed by atoms with van der Waals surface area (Å²) in [6, 6.07) is 21.2. The van der Waals surface area contributed by atoms with Crippen LogP contribution in [0.2, 0.25) is 20.1 Å². The van der Waals surface area contributed by atoms with E-state index in [-0.39, 0.29) is 31.2 Å². The van der Waals surface area contributed by atoms with Gasteiger partial charge in [0.05, 0.1) is 10.8 Å². The molecule has 8 rings (SSSR count). The topological polar surface area (TPSA) is 179 Å². The summed E-state index contributed by atoms with van der Waals surface area (Å²) in [5, 5.41) is 13.8. The number of ether oxygens (including phenoxy) is 4. The van der Waals surface area contributed by atoms with Crippen molar-refractivity contribution in [2.45, 2.75) is 78.8 Å². The average molecular weight is 1050 g/mol. The van der Waals surface area contributed by atoms with Gasteiger partial charge in [0.15, 0.2) is 22.8 Å². The molecule has 6 aromatic rings. The molecule has 2 aliphatic heterocycles. The van der Waals surface area contributed by atoms with Crippen molar-refractivity contribution in [2.75, 3.05) is 43.4 Å². The van der Waals surface area contributed by atoms with Crippen molar-refractivity contribution < 1.29 is 47.2 Å². The average Bonchev–Trinajstić information content (AvgIpc) is 3.92. The predicted molar refractivity (Wildman–Crippen MR) is 274 cm³/mol. The minimum Gasteiger partial charge on any atom is -0.444 e. The lowest BCUT2D eigenvalue weighted by Gasteiger charge is -2.29. The number of halogens is 4. The number of carbonyl (C=O) groups is 4. The second-order valence-electron chi connectivity index (χ2n) is 18.6. The van der Waals surface area contributed by atoms with Crippen molar-refractivity contribution in [1.29, 1.82) is 0 Å². The normalized spacial score (nSPS) is 14.0. The first-order chi connectivity index (χ1) is 33.6. The fourth-order valence-corrected chi connectivity index (χ4v) is 8.58. The predicted octanol–water partition coefficient (Wildman–Crippen LogP) is 13.8. The van der Waals surface area contributed by atoms with Gasteiger partial charge in [0.2, 0.25) is 0 Å². The molecule has 2 aromatic heterocycles. The molecule has 2 aliphatic rings. The molecule has 20 heteroatoms. The van der Waals surface area contributed by atoms with Crippen molar-refractivity contribution in [3.63, 3.8) is 0 Å². The first kappa shape index (κ1) is 52.4. The second kappa shape index (κ2) is 22.3. The highest BCUT2D eigenvalue weighted by Gasteiger charge is 2.27. The molecule has 0 bridgehead atoms. The van der Waals surface area contributed by atoms with Gasteiger partial charge in [0.25, 0.3) is 0 Å². The van der Waals surface area contributed by atoms with Gasteiger partial charge in [-0.05, 0) is 148 Å². The Morgan fingerprint density at radius 2 is 1.08 bits per heavy atom. The number of fused-ring (bicyclic) bond motifs is 2. The Morgan fingerprint density at radius 3 is 1.55 bits per heavy atom. The van der Waals surface area contributed by atoms with Gasteiger partial charge < -0.3 is 37.8 Å². The molecule has 374 valence electrons. The fourth-order valence-electron chi connectivity index (χ4n) is 7.44. The first-order valence-electron chi connectivity index (χ1n) is 22.4. The molecule has 0 saturated carbocycles. The fraction of sp³-hybridized carbons (Fsp3) is 0.333. The highest BCUT2D eigenvalue weighted by molar-refractivity contribution is 6.35. The molecule has 0 aliphatic carbocycles. The zero-order valence-corrected chi connectivity index (χ0v) is 43.1. The molecule has 16 nitrogen and oxygen atoms in total. The third-order valence-corrected chi connectivity index (χ3v) is 11.6. The Bertz CT molecular complexity index is 2990. The van der Waals surface area contributed by atoms with Gasteiger partial charge >= 0.3 is 24.4 Å². The van der Waals surface area contributed by atoms with Crippen LogP contribution in [-0.4, -0.2) is 88.9 Å². The zero-order valence-electron chi connectivity index (χ0n) is 40.1. The number of nitrogens with one attached hydrogen (secondary N) is 1. The largest absolute Gasteiger partial charge is 0.444 e. The van der Waals surface area contributed by atoms with E-state index in [2.05, 4.69) is 15.6 Å². The molecular formula is C51H52Cl4N6O10. The monoisotopic (exact) mass is 1050 g/mol. The van der Waals surface area contributed by atoms with E-state index in [1.165, 1.54) is 4.90 Å². The molecular weight excluding hydrogens is 998 g/mol. The van der Waals surface area contributed by atoms with Crippen LogP contribution in [0.5, 0.6) is 0 Å². The van der Waals surface area contributed by atoms with Crippen molar-refractivity contribution in [2.24, 2.45) is 0 Å². The minimum absolute atomic E-state index is 0.00548. The Morgan fingerprint density at radius 1 is 0.634 bits per heavy atom. The van der Waals surface area contributed by atoms with E-state index in [0.29, 0.717) is 98.0 Å². The first-order valence-corrected chi connectivity index (χ1v) is 24.0. The lowest BCUT2D eigenvalue weighted by Crippen LogP contribution is -2.39. The van der Waals surface area contributed by atoms with E-state index in [0.717, 1.165) is 22.3 Å². The van der Waals surface area contributed by atoms with Gasteiger partial charge in [-0.25, -0.2) is 19.2 Å². The summed E-state index contributed by atoms with van der Waals surface area (Å²) >= 11 is 24.0. The van der Waals surface area contributed by atoms with Crippen LogP contribution >= 0.6 is 46.4 Å². The van der Waals surface area contributed by atoms with Gasteiger partial charge in [-0.3, -0.25) is 10.2 Å². The molecule has 1 N–H and O–H groups in total. The number of rotatable bonds is 8. The van der Waals surface area contributed by atoms with Crippen molar-refractivity contribution in [1.82, 2.24) is 20.1 Å². The van der Waals surface area contributed by atoms with Crippen LogP contribution in [0.15, 0.2) is 94.0 Å². The number of carbonyl (C=O) groups excluding carboxylic acids is 4. The Balaban J connectivity index is 0.000000209. The zero-order chi connectivity index (χ0) is 51.2. The van der Waals surface area contributed by atoms with Crippen LogP contribution in [0, 0.1) is 0 Å².